The summed E-state index contributed by atoms with van der Waals surface area (Å²) in [7, 11) is 0. The smallest absolute Gasteiger partial charge is 0.226 e. The first kappa shape index (κ1) is 11.9. The van der Waals surface area contributed by atoms with Crippen LogP contribution in [0.5, 0.6) is 0 Å². The number of carbonyl (C=O) groups excluding carboxylic acids is 1. The van der Waals surface area contributed by atoms with Crippen LogP contribution in [0.1, 0.15) is 33.6 Å². The fraction of sp³-hybridized carbons (Fsp3) is 0.917. The maximum atomic E-state index is 12.3. The second-order valence-electron chi connectivity index (χ2n) is 6.08. The van der Waals surface area contributed by atoms with Gasteiger partial charge in [-0.25, -0.2) is 0 Å². The Morgan fingerprint density at radius 1 is 1.38 bits per heavy atom. The molecule has 1 saturated heterocycles. The number of carbonyl (C=O) groups is 1. The van der Waals surface area contributed by atoms with Crippen molar-refractivity contribution in [2.45, 2.75) is 44.8 Å². The first-order chi connectivity index (χ1) is 7.32. The van der Waals surface area contributed by atoms with Crippen LogP contribution in [-0.2, 0) is 4.79 Å². The molecule has 2 N–H and O–H groups in total. The molecule has 92 valence electrons. The number of amides is 1. The average Bonchev–Trinajstić information content (AvgIpc) is 2.12. The Labute approximate surface area is 97.0 Å². The summed E-state index contributed by atoms with van der Waals surface area (Å²) in [4.78, 5) is 14.2. The molecule has 1 heterocycles. The summed E-state index contributed by atoms with van der Waals surface area (Å²) < 4.78 is 0. The van der Waals surface area contributed by atoms with Crippen LogP contribution in [0, 0.1) is 5.92 Å². The molecule has 0 unspecified atom stereocenters. The summed E-state index contributed by atoms with van der Waals surface area (Å²) in [6.07, 6.45) is 1.23. The van der Waals surface area contributed by atoms with E-state index >= 15 is 0 Å². The summed E-state index contributed by atoms with van der Waals surface area (Å²) in [5.41, 5.74) is -0.713. The lowest BCUT2D eigenvalue weighted by Crippen LogP contribution is -2.63. The molecule has 0 atom stereocenters. The van der Waals surface area contributed by atoms with E-state index < -0.39 is 5.60 Å². The van der Waals surface area contributed by atoms with Gasteiger partial charge in [0.05, 0.1) is 5.60 Å². The number of piperazine rings is 1. The number of hydrogen-bond acceptors (Lipinski definition) is 3. The summed E-state index contributed by atoms with van der Waals surface area (Å²) in [5.74, 6) is 0.255. The highest BCUT2D eigenvalue weighted by Gasteiger charge is 2.46. The van der Waals surface area contributed by atoms with Crippen LogP contribution < -0.4 is 5.32 Å². The Bertz CT molecular complexity index is 291. The summed E-state index contributed by atoms with van der Waals surface area (Å²) in [6, 6.07) is 0. The lowest BCUT2D eigenvalue weighted by atomic mass is 9.71. The molecule has 0 spiro atoms. The first-order valence-electron chi connectivity index (χ1n) is 6.06. The van der Waals surface area contributed by atoms with Crippen LogP contribution in [0.2, 0.25) is 0 Å². The summed E-state index contributed by atoms with van der Waals surface area (Å²) in [5, 5.41) is 13.0. The van der Waals surface area contributed by atoms with Gasteiger partial charge in [0.1, 0.15) is 0 Å². The predicted molar refractivity (Wildman–Crippen MR) is 62.0 cm³/mol. The van der Waals surface area contributed by atoms with Crippen LogP contribution in [0.15, 0.2) is 0 Å². The third kappa shape index (κ3) is 2.09. The van der Waals surface area contributed by atoms with Gasteiger partial charge in [-0.3, -0.25) is 4.79 Å². The van der Waals surface area contributed by atoms with Crippen molar-refractivity contribution >= 4 is 5.91 Å². The second kappa shape index (κ2) is 3.70. The molecule has 2 aliphatic rings. The number of hydrogen-bond donors (Lipinski definition) is 2. The van der Waals surface area contributed by atoms with Crippen molar-refractivity contribution in [1.82, 2.24) is 10.2 Å². The second-order valence-corrected chi connectivity index (χ2v) is 6.08. The normalized spacial score (nSPS) is 38.0. The van der Waals surface area contributed by atoms with Gasteiger partial charge in [0.15, 0.2) is 0 Å². The number of nitrogens with one attached hydrogen (secondary N) is 1. The number of nitrogens with zero attached hydrogens (tertiary/aromatic N) is 1. The van der Waals surface area contributed by atoms with Gasteiger partial charge in [-0.2, -0.15) is 0 Å². The van der Waals surface area contributed by atoms with Gasteiger partial charge in [-0.15, -0.1) is 0 Å². The van der Waals surface area contributed by atoms with Gasteiger partial charge < -0.3 is 15.3 Å². The van der Waals surface area contributed by atoms with E-state index in [2.05, 4.69) is 19.2 Å². The molecule has 0 aromatic heterocycles. The topological polar surface area (TPSA) is 52.6 Å². The minimum absolute atomic E-state index is 0.0346. The molecular weight excluding hydrogens is 204 g/mol. The van der Waals surface area contributed by atoms with Crippen LogP contribution in [0.4, 0.5) is 0 Å². The van der Waals surface area contributed by atoms with E-state index in [4.69, 9.17) is 0 Å². The Kier molecular flexibility index (Phi) is 2.75. The molecule has 2 fully saturated rings. The van der Waals surface area contributed by atoms with Gasteiger partial charge in [0.2, 0.25) is 5.91 Å². The van der Waals surface area contributed by atoms with Crippen LogP contribution in [-0.4, -0.2) is 46.7 Å². The van der Waals surface area contributed by atoms with E-state index in [9.17, 15) is 9.90 Å². The molecule has 1 aliphatic carbocycles. The highest BCUT2D eigenvalue weighted by Crippen LogP contribution is 2.39. The van der Waals surface area contributed by atoms with E-state index in [-0.39, 0.29) is 17.4 Å². The monoisotopic (exact) mass is 226 g/mol. The van der Waals surface area contributed by atoms with E-state index in [0.717, 1.165) is 19.6 Å². The standard InChI is InChI=1S/C12H22N2O2/c1-11(2)8-13-4-5-14(11)10(15)9-6-12(3,16)7-9/h9,13,16H,4-8H2,1-3H3. The van der Waals surface area contributed by atoms with E-state index in [0.29, 0.717) is 12.8 Å². The van der Waals surface area contributed by atoms with E-state index in [1.807, 2.05) is 4.90 Å². The van der Waals surface area contributed by atoms with Crippen molar-refractivity contribution < 1.29 is 9.90 Å². The SMILES string of the molecule is CC1(O)CC(C(=O)N2CCNCC2(C)C)C1. The molecule has 0 aromatic carbocycles. The molecule has 0 aromatic rings. The van der Waals surface area contributed by atoms with Gasteiger partial charge >= 0.3 is 0 Å². The largest absolute Gasteiger partial charge is 0.390 e. The van der Waals surface area contributed by atoms with Crippen molar-refractivity contribution in [3.63, 3.8) is 0 Å². The molecule has 1 aliphatic heterocycles. The molecule has 1 saturated carbocycles. The maximum absolute atomic E-state index is 12.3. The third-order valence-electron chi connectivity index (χ3n) is 3.79. The molecule has 0 radical (unpaired) electrons. The number of rotatable bonds is 1. The Balaban J connectivity index is 1.99. The van der Waals surface area contributed by atoms with Crippen molar-refractivity contribution in [3.05, 3.63) is 0 Å². The zero-order chi connectivity index (χ0) is 12.0. The highest BCUT2D eigenvalue weighted by atomic mass is 16.3. The minimum atomic E-state index is -0.613. The van der Waals surface area contributed by atoms with Gasteiger partial charge in [0.25, 0.3) is 0 Å². The Morgan fingerprint density at radius 2 is 2.00 bits per heavy atom. The third-order valence-corrected chi connectivity index (χ3v) is 3.79. The molecule has 0 bridgehead atoms. The first-order valence-corrected chi connectivity index (χ1v) is 6.06. The molecule has 4 nitrogen and oxygen atoms in total. The zero-order valence-corrected chi connectivity index (χ0v) is 10.4. The van der Waals surface area contributed by atoms with Gasteiger partial charge in [-0.1, -0.05) is 0 Å². The summed E-state index contributed by atoms with van der Waals surface area (Å²) in [6.45, 7) is 8.49. The Morgan fingerprint density at radius 3 is 2.50 bits per heavy atom. The van der Waals surface area contributed by atoms with Gasteiger partial charge in [0, 0.05) is 31.1 Å². The van der Waals surface area contributed by atoms with E-state index in [1.54, 1.807) is 6.92 Å². The summed E-state index contributed by atoms with van der Waals surface area (Å²) >= 11 is 0. The lowest BCUT2D eigenvalue weighted by molar-refractivity contribution is -0.156. The molecular formula is C12H22N2O2. The molecule has 16 heavy (non-hydrogen) atoms. The fourth-order valence-corrected chi connectivity index (χ4v) is 2.79. The zero-order valence-electron chi connectivity index (χ0n) is 10.4. The fourth-order valence-electron chi connectivity index (χ4n) is 2.79. The Hall–Kier alpha value is -0.610. The van der Waals surface area contributed by atoms with Crippen LogP contribution >= 0.6 is 0 Å². The minimum Gasteiger partial charge on any atom is -0.390 e. The molecule has 1 amide bonds. The van der Waals surface area contributed by atoms with Crippen molar-refractivity contribution in [3.8, 4) is 0 Å². The predicted octanol–water partition coefficient (Wildman–Crippen LogP) is 0.358. The van der Waals surface area contributed by atoms with Crippen molar-refractivity contribution in [1.29, 1.82) is 0 Å². The number of aliphatic hydroxyl groups is 1. The quantitative estimate of drug-likeness (QED) is 0.678. The van der Waals surface area contributed by atoms with Gasteiger partial charge in [-0.05, 0) is 33.6 Å². The van der Waals surface area contributed by atoms with E-state index in [1.165, 1.54) is 0 Å². The average molecular weight is 226 g/mol. The van der Waals surface area contributed by atoms with Crippen molar-refractivity contribution in [2.24, 2.45) is 5.92 Å². The van der Waals surface area contributed by atoms with Crippen LogP contribution in [0.25, 0.3) is 0 Å². The highest BCUT2D eigenvalue weighted by molar-refractivity contribution is 5.81. The molecule has 2 rings (SSSR count). The van der Waals surface area contributed by atoms with Crippen molar-refractivity contribution in [2.75, 3.05) is 19.6 Å². The maximum Gasteiger partial charge on any atom is 0.226 e. The lowest BCUT2D eigenvalue weighted by Gasteiger charge is -2.48. The van der Waals surface area contributed by atoms with Crippen LogP contribution in [0.3, 0.4) is 0 Å². The molecule has 4 heteroatoms.